The molecule has 24 heavy (non-hydrogen) atoms. The van der Waals surface area contributed by atoms with E-state index in [0.29, 0.717) is 17.1 Å². The highest BCUT2D eigenvalue weighted by atomic mass is 32.2. The molecule has 128 valence electrons. The van der Waals surface area contributed by atoms with Crippen LogP contribution in [-0.2, 0) is 14.8 Å². The first-order valence-electron chi connectivity index (χ1n) is 7.14. The summed E-state index contributed by atoms with van der Waals surface area (Å²) in [7, 11) is -3.33. The average Bonchev–Trinajstić information content (AvgIpc) is 2.50. The molecule has 0 aromatic heterocycles. The lowest BCUT2D eigenvalue weighted by atomic mass is 10.2. The molecule has 0 bridgehead atoms. The van der Waals surface area contributed by atoms with Crippen LogP contribution in [0.25, 0.3) is 0 Å². The van der Waals surface area contributed by atoms with E-state index in [1.165, 1.54) is 24.3 Å². The number of hydrogen-bond donors (Lipinski definition) is 3. The number of anilines is 3. The van der Waals surface area contributed by atoms with E-state index in [0.717, 1.165) is 6.26 Å². The SMILES string of the molecule is C[C@H](Nc1ccc(NS(C)(=O)=O)cc1)C(=O)Nc1ccc(F)cc1. The van der Waals surface area contributed by atoms with Crippen molar-refractivity contribution in [3.8, 4) is 0 Å². The topological polar surface area (TPSA) is 87.3 Å². The first-order valence-corrected chi connectivity index (χ1v) is 9.03. The van der Waals surface area contributed by atoms with Crippen LogP contribution in [0.3, 0.4) is 0 Å². The number of nitrogens with one attached hydrogen (secondary N) is 3. The van der Waals surface area contributed by atoms with Gasteiger partial charge in [-0.05, 0) is 55.5 Å². The average molecular weight is 351 g/mol. The quantitative estimate of drug-likeness (QED) is 0.747. The predicted octanol–water partition coefficient (Wildman–Crippen LogP) is 2.64. The molecule has 0 unspecified atom stereocenters. The summed E-state index contributed by atoms with van der Waals surface area (Å²) in [4.78, 5) is 12.1. The van der Waals surface area contributed by atoms with Gasteiger partial charge < -0.3 is 10.6 Å². The van der Waals surface area contributed by atoms with Crippen molar-refractivity contribution in [2.45, 2.75) is 13.0 Å². The summed E-state index contributed by atoms with van der Waals surface area (Å²) >= 11 is 0. The Bertz CT molecular complexity index is 805. The molecule has 0 aliphatic heterocycles. The van der Waals surface area contributed by atoms with Gasteiger partial charge in [-0.2, -0.15) is 0 Å². The predicted molar refractivity (Wildman–Crippen MR) is 93.0 cm³/mol. The Morgan fingerprint density at radius 3 is 2.00 bits per heavy atom. The second kappa shape index (κ2) is 7.31. The minimum atomic E-state index is -3.33. The fraction of sp³-hybridized carbons (Fsp3) is 0.188. The highest BCUT2D eigenvalue weighted by Crippen LogP contribution is 2.16. The Hall–Kier alpha value is -2.61. The summed E-state index contributed by atoms with van der Waals surface area (Å²) in [6, 6.07) is 11.5. The van der Waals surface area contributed by atoms with E-state index >= 15 is 0 Å². The van der Waals surface area contributed by atoms with E-state index in [-0.39, 0.29) is 11.7 Å². The Morgan fingerprint density at radius 1 is 0.958 bits per heavy atom. The van der Waals surface area contributed by atoms with Crippen molar-refractivity contribution in [3.05, 3.63) is 54.3 Å². The van der Waals surface area contributed by atoms with Crippen LogP contribution in [0.4, 0.5) is 21.5 Å². The first-order chi connectivity index (χ1) is 11.2. The van der Waals surface area contributed by atoms with Crippen molar-refractivity contribution in [1.82, 2.24) is 0 Å². The van der Waals surface area contributed by atoms with Gasteiger partial charge in [-0.15, -0.1) is 0 Å². The third kappa shape index (κ3) is 5.54. The summed E-state index contributed by atoms with van der Waals surface area (Å²) < 4.78 is 37.5. The number of sulfonamides is 1. The number of hydrogen-bond acceptors (Lipinski definition) is 4. The van der Waals surface area contributed by atoms with Gasteiger partial charge in [0.15, 0.2) is 0 Å². The Morgan fingerprint density at radius 2 is 1.46 bits per heavy atom. The van der Waals surface area contributed by atoms with Gasteiger partial charge in [-0.25, -0.2) is 12.8 Å². The van der Waals surface area contributed by atoms with Crippen molar-refractivity contribution in [1.29, 1.82) is 0 Å². The number of amides is 1. The van der Waals surface area contributed by atoms with Crippen LogP contribution >= 0.6 is 0 Å². The summed E-state index contributed by atoms with van der Waals surface area (Å²) in [5.74, 6) is -0.651. The molecule has 3 N–H and O–H groups in total. The van der Waals surface area contributed by atoms with Crippen molar-refractivity contribution >= 4 is 33.0 Å². The summed E-state index contributed by atoms with van der Waals surface area (Å²) in [6.45, 7) is 1.68. The maximum atomic E-state index is 12.8. The number of rotatable bonds is 6. The summed E-state index contributed by atoms with van der Waals surface area (Å²) in [6.07, 6.45) is 1.07. The number of carbonyl (C=O) groups excluding carboxylic acids is 1. The van der Waals surface area contributed by atoms with Crippen LogP contribution in [0.15, 0.2) is 48.5 Å². The molecule has 0 saturated carbocycles. The highest BCUT2D eigenvalue weighted by Gasteiger charge is 2.13. The molecule has 0 fully saturated rings. The van der Waals surface area contributed by atoms with Crippen LogP contribution < -0.4 is 15.4 Å². The van der Waals surface area contributed by atoms with Gasteiger partial charge in [0.05, 0.1) is 6.26 Å². The molecule has 1 amide bonds. The lowest BCUT2D eigenvalue weighted by Gasteiger charge is -2.15. The van der Waals surface area contributed by atoms with E-state index in [9.17, 15) is 17.6 Å². The molecule has 2 aromatic carbocycles. The normalized spacial score (nSPS) is 12.3. The van der Waals surface area contributed by atoms with Crippen LogP contribution in [0, 0.1) is 5.82 Å². The van der Waals surface area contributed by atoms with Crippen LogP contribution in [0.5, 0.6) is 0 Å². The zero-order chi connectivity index (χ0) is 17.7. The van der Waals surface area contributed by atoms with E-state index in [2.05, 4.69) is 15.4 Å². The zero-order valence-corrected chi connectivity index (χ0v) is 14.0. The molecule has 0 radical (unpaired) electrons. The molecule has 0 aliphatic rings. The van der Waals surface area contributed by atoms with E-state index in [1.54, 1.807) is 31.2 Å². The largest absolute Gasteiger partial charge is 0.374 e. The van der Waals surface area contributed by atoms with Gasteiger partial charge in [-0.3, -0.25) is 9.52 Å². The fourth-order valence-electron chi connectivity index (χ4n) is 1.95. The fourth-order valence-corrected chi connectivity index (χ4v) is 2.51. The van der Waals surface area contributed by atoms with E-state index < -0.39 is 16.1 Å². The Balaban J connectivity index is 1.94. The summed E-state index contributed by atoms with van der Waals surface area (Å²) in [5, 5.41) is 5.67. The molecule has 0 aliphatic carbocycles. The molecule has 8 heteroatoms. The van der Waals surface area contributed by atoms with Crippen molar-refractivity contribution in [2.75, 3.05) is 21.6 Å². The van der Waals surface area contributed by atoms with Crippen LogP contribution in [0.2, 0.25) is 0 Å². The lowest BCUT2D eigenvalue weighted by Crippen LogP contribution is -2.31. The van der Waals surface area contributed by atoms with Crippen LogP contribution in [-0.4, -0.2) is 26.6 Å². The second-order valence-electron chi connectivity index (χ2n) is 5.31. The minimum Gasteiger partial charge on any atom is -0.374 e. The third-order valence-corrected chi connectivity index (χ3v) is 3.68. The van der Waals surface area contributed by atoms with Gasteiger partial charge in [-0.1, -0.05) is 0 Å². The van der Waals surface area contributed by atoms with Gasteiger partial charge in [0.2, 0.25) is 15.9 Å². The monoisotopic (exact) mass is 351 g/mol. The maximum absolute atomic E-state index is 12.8. The van der Waals surface area contributed by atoms with Crippen LogP contribution in [0.1, 0.15) is 6.92 Å². The second-order valence-corrected chi connectivity index (χ2v) is 7.06. The third-order valence-electron chi connectivity index (χ3n) is 3.08. The van der Waals surface area contributed by atoms with E-state index in [1.807, 2.05) is 0 Å². The van der Waals surface area contributed by atoms with Gasteiger partial charge >= 0.3 is 0 Å². The van der Waals surface area contributed by atoms with Crippen molar-refractivity contribution in [3.63, 3.8) is 0 Å². The number of benzene rings is 2. The molecule has 0 heterocycles. The van der Waals surface area contributed by atoms with Crippen molar-refractivity contribution < 1.29 is 17.6 Å². The molecule has 2 aromatic rings. The summed E-state index contributed by atoms with van der Waals surface area (Å²) in [5.41, 5.74) is 1.60. The van der Waals surface area contributed by atoms with Gasteiger partial charge in [0.1, 0.15) is 11.9 Å². The van der Waals surface area contributed by atoms with Gasteiger partial charge in [0.25, 0.3) is 0 Å². The molecular formula is C16H18FN3O3S. The Kier molecular flexibility index (Phi) is 5.40. The molecule has 1 atom stereocenters. The molecule has 2 rings (SSSR count). The first kappa shape index (κ1) is 17.7. The standard InChI is InChI=1S/C16H18FN3O3S/c1-11(16(21)19-14-5-3-12(17)4-6-14)18-13-7-9-15(10-8-13)20-24(2,22)23/h3-11,18,20H,1-2H3,(H,19,21)/t11-/m0/s1. The molecular weight excluding hydrogens is 333 g/mol. The lowest BCUT2D eigenvalue weighted by molar-refractivity contribution is -0.116. The Labute approximate surface area is 140 Å². The van der Waals surface area contributed by atoms with E-state index in [4.69, 9.17) is 0 Å². The van der Waals surface area contributed by atoms with Crippen molar-refractivity contribution in [2.24, 2.45) is 0 Å². The molecule has 6 nitrogen and oxygen atoms in total. The molecule has 0 spiro atoms. The number of carbonyl (C=O) groups is 1. The zero-order valence-electron chi connectivity index (χ0n) is 13.2. The maximum Gasteiger partial charge on any atom is 0.246 e. The minimum absolute atomic E-state index is 0.278. The number of halogens is 1. The highest BCUT2D eigenvalue weighted by molar-refractivity contribution is 7.92. The van der Waals surface area contributed by atoms with Gasteiger partial charge in [0, 0.05) is 17.1 Å². The molecule has 0 saturated heterocycles. The smallest absolute Gasteiger partial charge is 0.246 e.